The molecule has 0 heterocycles. The van der Waals surface area contributed by atoms with Crippen LogP contribution in [0.4, 0.5) is 0 Å². The maximum Gasteiger partial charge on any atom is 0.0130 e. The highest BCUT2D eigenvalue weighted by molar-refractivity contribution is 14.1. The molecule has 0 unspecified atom stereocenters. The number of benzene rings is 1. The Morgan fingerprint density at radius 3 is 2.59 bits per heavy atom. The van der Waals surface area contributed by atoms with Gasteiger partial charge in [0.15, 0.2) is 0 Å². The van der Waals surface area contributed by atoms with Crippen LogP contribution in [0.25, 0.3) is 0 Å². The smallest absolute Gasteiger partial charge is 0.0130 e. The highest BCUT2D eigenvalue weighted by Gasteiger charge is 1.95. The van der Waals surface area contributed by atoms with Gasteiger partial charge in [-0.3, -0.25) is 0 Å². The fourth-order valence-electron chi connectivity index (χ4n) is 1.72. The standard InChI is InChI=1S/C15H22IN/c1-3-10-17-11-4-5-13(2)12-14-6-8-15(16)9-7-14/h5-9,17H,3-4,10-12H2,1-2H3. The van der Waals surface area contributed by atoms with Crippen LogP contribution in [-0.2, 0) is 6.42 Å². The second kappa shape index (κ2) is 8.70. The molecule has 0 aromatic heterocycles. The molecular weight excluding hydrogens is 321 g/mol. The van der Waals surface area contributed by atoms with Crippen molar-refractivity contribution in [1.82, 2.24) is 5.32 Å². The van der Waals surface area contributed by atoms with E-state index in [1.165, 1.54) is 21.1 Å². The lowest BCUT2D eigenvalue weighted by molar-refractivity contribution is 0.677. The van der Waals surface area contributed by atoms with Gasteiger partial charge in [0, 0.05) is 3.57 Å². The molecule has 1 aromatic rings. The Kier molecular flexibility index (Phi) is 7.53. The minimum absolute atomic E-state index is 1.07. The molecule has 94 valence electrons. The van der Waals surface area contributed by atoms with E-state index in [1.807, 2.05) is 0 Å². The Morgan fingerprint density at radius 2 is 1.94 bits per heavy atom. The summed E-state index contributed by atoms with van der Waals surface area (Å²) in [6.45, 7) is 6.64. The second-order valence-electron chi connectivity index (χ2n) is 4.39. The van der Waals surface area contributed by atoms with Gasteiger partial charge >= 0.3 is 0 Å². The Morgan fingerprint density at radius 1 is 1.24 bits per heavy atom. The van der Waals surface area contributed by atoms with Crippen LogP contribution in [0.5, 0.6) is 0 Å². The molecule has 0 atom stereocenters. The fraction of sp³-hybridized carbons (Fsp3) is 0.467. The quantitative estimate of drug-likeness (QED) is 0.445. The monoisotopic (exact) mass is 343 g/mol. The average molecular weight is 343 g/mol. The number of hydrogen-bond donors (Lipinski definition) is 1. The molecule has 2 heteroatoms. The first-order valence-corrected chi connectivity index (χ1v) is 7.41. The van der Waals surface area contributed by atoms with Crippen molar-refractivity contribution in [3.05, 3.63) is 45.0 Å². The van der Waals surface area contributed by atoms with Crippen molar-refractivity contribution in [3.8, 4) is 0 Å². The molecule has 0 aliphatic rings. The van der Waals surface area contributed by atoms with Crippen LogP contribution in [0.2, 0.25) is 0 Å². The molecule has 0 bridgehead atoms. The summed E-state index contributed by atoms with van der Waals surface area (Å²) in [6.07, 6.45) is 5.77. The van der Waals surface area contributed by atoms with Gasteiger partial charge in [0.2, 0.25) is 0 Å². The van der Waals surface area contributed by atoms with E-state index in [0.717, 1.165) is 25.9 Å². The minimum atomic E-state index is 1.07. The van der Waals surface area contributed by atoms with E-state index >= 15 is 0 Å². The summed E-state index contributed by atoms with van der Waals surface area (Å²) in [5.41, 5.74) is 2.87. The number of allylic oxidation sites excluding steroid dienone is 1. The fourth-order valence-corrected chi connectivity index (χ4v) is 2.08. The van der Waals surface area contributed by atoms with E-state index in [0.29, 0.717) is 0 Å². The van der Waals surface area contributed by atoms with Gasteiger partial charge in [-0.1, -0.05) is 30.7 Å². The van der Waals surface area contributed by atoms with Gasteiger partial charge in [0.1, 0.15) is 0 Å². The van der Waals surface area contributed by atoms with Crippen molar-refractivity contribution in [2.24, 2.45) is 0 Å². The van der Waals surface area contributed by atoms with E-state index in [-0.39, 0.29) is 0 Å². The first kappa shape index (κ1) is 14.7. The van der Waals surface area contributed by atoms with Crippen molar-refractivity contribution >= 4 is 22.6 Å². The third-order valence-electron chi connectivity index (χ3n) is 2.64. The van der Waals surface area contributed by atoms with Crippen LogP contribution < -0.4 is 5.32 Å². The molecule has 0 fully saturated rings. The summed E-state index contributed by atoms with van der Waals surface area (Å²) >= 11 is 2.34. The predicted molar refractivity (Wildman–Crippen MR) is 84.4 cm³/mol. The highest BCUT2D eigenvalue weighted by atomic mass is 127. The van der Waals surface area contributed by atoms with Gasteiger partial charge < -0.3 is 5.32 Å². The predicted octanol–water partition coefficient (Wildman–Crippen LogP) is 4.17. The topological polar surface area (TPSA) is 12.0 Å². The molecule has 0 saturated heterocycles. The molecule has 0 amide bonds. The van der Waals surface area contributed by atoms with Crippen LogP contribution in [0.1, 0.15) is 32.3 Å². The number of halogens is 1. The van der Waals surface area contributed by atoms with Gasteiger partial charge in [-0.25, -0.2) is 0 Å². The summed E-state index contributed by atoms with van der Waals surface area (Å²) in [6, 6.07) is 8.78. The normalized spacial score (nSPS) is 11.8. The molecule has 0 saturated carbocycles. The van der Waals surface area contributed by atoms with E-state index in [4.69, 9.17) is 0 Å². The molecular formula is C15H22IN. The Hall–Kier alpha value is -0.350. The van der Waals surface area contributed by atoms with Crippen molar-refractivity contribution in [2.75, 3.05) is 13.1 Å². The SMILES string of the molecule is CCCNCCC=C(C)Cc1ccc(I)cc1. The van der Waals surface area contributed by atoms with Crippen LogP contribution in [0.3, 0.4) is 0 Å². The van der Waals surface area contributed by atoms with Gasteiger partial charge in [-0.05, 0) is 79.6 Å². The maximum atomic E-state index is 3.42. The van der Waals surface area contributed by atoms with Crippen molar-refractivity contribution in [1.29, 1.82) is 0 Å². The largest absolute Gasteiger partial charge is 0.316 e. The number of rotatable bonds is 7. The lowest BCUT2D eigenvalue weighted by atomic mass is 10.1. The van der Waals surface area contributed by atoms with Crippen LogP contribution >= 0.6 is 22.6 Å². The molecule has 1 N–H and O–H groups in total. The van der Waals surface area contributed by atoms with Crippen molar-refractivity contribution < 1.29 is 0 Å². The van der Waals surface area contributed by atoms with Crippen molar-refractivity contribution in [2.45, 2.75) is 33.1 Å². The van der Waals surface area contributed by atoms with Crippen LogP contribution in [0.15, 0.2) is 35.9 Å². The van der Waals surface area contributed by atoms with Crippen molar-refractivity contribution in [3.63, 3.8) is 0 Å². The molecule has 1 nitrogen and oxygen atoms in total. The van der Waals surface area contributed by atoms with Gasteiger partial charge in [-0.2, -0.15) is 0 Å². The molecule has 0 radical (unpaired) electrons. The molecule has 0 spiro atoms. The van der Waals surface area contributed by atoms with E-state index in [1.54, 1.807) is 0 Å². The minimum Gasteiger partial charge on any atom is -0.316 e. The summed E-state index contributed by atoms with van der Waals surface area (Å²) in [7, 11) is 0. The Balaban J connectivity index is 2.30. The zero-order chi connectivity index (χ0) is 12.5. The summed E-state index contributed by atoms with van der Waals surface area (Å²) in [4.78, 5) is 0. The van der Waals surface area contributed by atoms with Crippen LogP contribution in [-0.4, -0.2) is 13.1 Å². The van der Waals surface area contributed by atoms with Gasteiger partial charge in [-0.15, -0.1) is 0 Å². The highest BCUT2D eigenvalue weighted by Crippen LogP contribution is 2.11. The first-order chi connectivity index (χ1) is 8.22. The Bertz CT molecular complexity index is 340. The first-order valence-electron chi connectivity index (χ1n) is 6.33. The molecule has 0 aliphatic heterocycles. The number of nitrogens with one attached hydrogen (secondary N) is 1. The van der Waals surface area contributed by atoms with Gasteiger partial charge in [0.25, 0.3) is 0 Å². The van der Waals surface area contributed by atoms with E-state index < -0.39 is 0 Å². The summed E-state index contributed by atoms with van der Waals surface area (Å²) in [5, 5.41) is 3.42. The lowest BCUT2D eigenvalue weighted by Crippen LogP contribution is -2.15. The zero-order valence-corrected chi connectivity index (χ0v) is 13.0. The summed E-state index contributed by atoms with van der Waals surface area (Å²) in [5.74, 6) is 0. The number of hydrogen-bond acceptors (Lipinski definition) is 1. The molecule has 1 rings (SSSR count). The zero-order valence-electron chi connectivity index (χ0n) is 10.8. The van der Waals surface area contributed by atoms with E-state index in [2.05, 4.69) is 72.1 Å². The third kappa shape index (κ3) is 6.84. The third-order valence-corrected chi connectivity index (χ3v) is 3.36. The van der Waals surface area contributed by atoms with E-state index in [9.17, 15) is 0 Å². The molecule has 0 aliphatic carbocycles. The molecule has 17 heavy (non-hydrogen) atoms. The molecule has 1 aromatic carbocycles. The second-order valence-corrected chi connectivity index (χ2v) is 5.64. The van der Waals surface area contributed by atoms with Crippen LogP contribution in [0, 0.1) is 3.57 Å². The Labute approximate surface area is 119 Å². The lowest BCUT2D eigenvalue weighted by Gasteiger charge is -2.03. The maximum absolute atomic E-state index is 3.42. The summed E-state index contributed by atoms with van der Waals surface area (Å²) < 4.78 is 1.30. The average Bonchev–Trinajstić information content (AvgIpc) is 2.32. The van der Waals surface area contributed by atoms with Gasteiger partial charge in [0.05, 0.1) is 0 Å².